The second kappa shape index (κ2) is 8.75. The SMILES string of the molecule is Cc1cc(CSC(=S)N2CCN(C)CC2)cc(C(C)(C)C)c1O.Cl. The highest BCUT2D eigenvalue weighted by Crippen LogP contribution is 2.35. The van der Waals surface area contributed by atoms with Crippen molar-refractivity contribution in [3.63, 3.8) is 0 Å². The van der Waals surface area contributed by atoms with Crippen LogP contribution < -0.4 is 0 Å². The Labute approximate surface area is 162 Å². The number of phenolic OH excluding ortho intramolecular Hbond substituents is 1. The number of likely N-dealkylation sites (N-methyl/N-ethyl adjacent to an activating group) is 1. The van der Waals surface area contributed by atoms with Crippen LogP contribution in [0.25, 0.3) is 0 Å². The zero-order valence-corrected chi connectivity index (χ0v) is 17.7. The number of aromatic hydroxyl groups is 1. The zero-order valence-electron chi connectivity index (χ0n) is 15.3. The summed E-state index contributed by atoms with van der Waals surface area (Å²) in [5.74, 6) is 1.28. The van der Waals surface area contributed by atoms with Gasteiger partial charge in [-0.3, -0.25) is 0 Å². The van der Waals surface area contributed by atoms with Crippen LogP contribution in [0.2, 0.25) is 0 Å². The van der Waals surface area contributed by atoms with Crippen molar-refractivity contribution >= 4 is 40.7 Å². The van der Waals surface area contributed by atoms with Crippen molar-refractivity contribution in [3.05, 3.63) is 28.8 Å². The summed E-state index contributed by atoms with van der Waals surface area (Å²) < 4.78 is 0.987. The van der Waals surface area contributed by atoms with Crippen molar-refractivity contribution in [1.82, 2.24) is 9.80 Å². The third-order valence-electron chi connectivity index (χ3n) is 4.29. The topological polar surface area (TPSA) is 26.7 Å². The smallest absolute Gasteiger partial charge is 0.136 e. The maximum absolute atomic E-state index is 10.3. The normalized spacial score (nSPS) is 16.0. The first kappa shape index (κ1) is 21.6. The van der Waals surface area contributed by atoms with E-state index < -0.39 is 0 Å². The van der Waals surface area contributed by atoms with E-state index >= 15 is 0 Å². The fourth-order valence-corrected chi connectivity index (χ4v) is 3.92. The third-order valence-corrected chi connectivity index (χ3v) is 5.89. The molecule has 0 atom stereocenters. The van der Waals surface area contributed by atoms with E-state index in [0.717, 1.165) is 47.4 Å². The largest absolute Gasteiger partial charge is 0.507 e. The molecule has 0 radical (unpaired) electrons. The number of aryl methyl sites for hydroxylation is 1. The van der Waals surface area contributed by atoms with Gasteiger partial charge in [-0.05, 0) is 36.1 Å². The number of benzene rings is 1. The molecule has 1 aliphatic heterocycles. The molecule has 0 spiro atoms. The van der Waals surface area contributed by atoms with E-state index in [4.69, 9.17) is 12.2 Å². The van der Waals surface area contributed by atoms with Crippen LogP contribution in [0.1, 0.15) is 37.5 Å². The highest BCUT2D eigenvalue weighted by atomic mass is 35.5. The lowest BCUT2D eigenvalue weighted by Crippen LogP contribution is -2.45. The molecule has 0 bridgehead atoms. The Kier molecular flexibility index (Phi) is 7.85. The van der Waals surface area contributed by atoms with Gasteiger partial charge in [-0.1, -0.05) is 56.9 Å². The summed E-state index contributed by atoms with van der Waals surface area (Å²) in [5, 5.41) is 10.3. The summed E-state index contributed by atoms with van der Waals surface area (Å²) in [6, 6.07) is 4.20. The summed E-state index contributed by atoms with van der Waals surface area (Å²) >= 11 is 7.33. The van der Waals surface area contributed by atoms with E-state index in [9.17, 15) is 5.11 Å². The Hall–Kier alpha value is -0.490. The van der Waals surface area contributed by atoms with Crippen LogP contribution in [0.3, 0.4) is 0 Å². The molecule has 1 heterocycles. The van der Waals surface area contributed by atoms with Crippen LogP contribution in [0.5, 0.6) is 5.75 Å². The van der Waals surface area contributed by atoms with E-state index in [-0.39, 0.29) is 17.8 Å². The van der Waals surface area contributed by atoms with Crippen LogP contribution in [-0.2, 0) is 11.2 Å². The van der Waals surface area contributed by atoms with E-state index in [1.807, 2.05) is 6.92 Å². The van der Waals surface area contributed by atoms with Gasteiger partial charge in [-0.15, -0.1) is 12.4 Å². The number of hydrogen-bond acceptors (Lipinski definition) is 4. The number of thiocarbonyl (C=S) groups is 1. The van der Waals surface area contributed by atoms with Gasteiger partial charge in [0.2, 0.25) is 0 Å². The molecular formula is C18H29ClN2OS2. The second-order valence-electron chi connectivity index (χ2n) is 7.40. The number of nitrogens with zero attached hydrogens (tertiary/aromatic N) is 2. The molecule has 1 saturated heterocycles. The van der Waals surface area contributed by atoms with Crippen LogP contribution in [0.4, 0.5) is 0 Å². The Balaban J connectivity index is 0.00000288. The Bertz CT molecular complexity index is 579. The molecular weight excluding hydrogens is 360 g/mol. The number of rotatable bonds is 2. The van der Waals surface area contributed by atoms with Gasteiger partial charge in [0.15, 0.2) is 0 Å². The number of hydrogen-bond donors (Lipinski definition) is 1. The minimum Gasteiger partial charge on any atom is -0.507 e. The van der Waals surface area contributed by atoms with Gasteiger partial charge in [-0.2, -0.15) is 0 Å². The second-order valence-corrected chi connectivity index (χ2v) is 9.01. The molecule has 2 rings (SSSR count). The average Bonchev–Trinajstić information content (AvgIpc) is 2.47. The van der Waals surface area contributed by atoms with Crippen LogP contribution >= 0.6 is 36.4 Å². The lowest BCUT2D eigenvalue weighted by Gasteiger charge is -2.33. The third kappa shape index (κ3) is 5.51. The molecule has 1 aliphatic rings. The Morgan fingerprint density at radius 2 is 1.79 bits per heavy atom. The molecule has 24 heavy (non-hydrogen) atoms. The minimum absolute atomic E-state index is 0. The maximum atomic E-state index is 10.3. The summed E-state index contributed by atoms with van der Waals surface area (Å²) in [5.41, 5.74) is 3.12. The molecule has 0 aromatic heterocycles. The quantitative estimate of drug-likeness (QED) is 0.766. The van der Waals surface area contributed by atoms with Crippen molar-refractivity contribution in [2.45, 2.75) is 38.9 Å². The van der Waals surface area contributed by atoms with Crippen LogP contribution in [0.15, 0.2) is 12.1 Å². The fraction of sp³-hybridized carbons (Fsp3) is 0.611. The first-order valence-corrected chi connectivity index (χ1v) is 9.51. The van der Waals surface area contributed by atoms with Crippen molar-refractivity contribution in [2.75, 3.05) is 33.2 Å². The Morgan fingerprint density at radius 3 is 2.33 bits per heavy atom. The van der Waals surface area contributed by atoms with Crippen molar-refractivity contribution in [2.24, 2.45) is 0 Å². The predicted octanol–water partition coefficient (Wildman–Crippen LogP) is 4.19. The highest BCUT2D eigenvalue weighted by molar-refractivity contribution is 8.22. The van der Waals surface area contributed by atoms with Gasteiger partial charge in [-0.25, -0.2) is 0 Å². The molecule has 0 aliphatic carbocycles. The first-order chi connectivity index (χ1) is 10.7. The van der Waals surface area contributed by atoms with Gasteiger partial charge in [0.25, 0.3) is 0 Å². The van der Waals surface area contributed by atoms with Gasteiger partial charge in [0.1, 0.15) is 10.1 Å². The zero-order chi connectivity index (χ0) is 17.2. The van der Waals surface area contributed by atoms with Gasteiger partial charge < -0.3 is 14.9 Å². The molecule has 1 fully saturated rings. The molecule has 1 aromatic rings. The Morgan fingerprint density at radius 1 is 1.21 bits per heavy atom. The maximum Gasteiger partial charge on any atom is 0.136 e. The van der Waals surface area contributed by atoms with Gasteiger partial charge >= 0.3 is 0 Å². The summed E-state index contributed by atoms with van der Waals surface area (Å²) in [6.07, 6.45) is 0. The molecule has 0 amide bonds. The summed E-state index contributed by atoms with van der Waals surface area (Å²) in [7, 11) is 2.15. The van der Waals surface area contributed by atoms with Crippen molar-refractivity contribution in [1.29, 1.82) is 0 Å². The summed E-state index contributed by atoms with van der Waals surface area (Å²) in [6.45, 7) is 12.6. The van der Waals surface area contributed by atoms with Crippen LogP contribution in [-0.4, -0.2) is 52.5 Å². The molecule has 3 nitrogen and oxygen atoms in total. The molecule has 1 aromatic carbocycles. The van der Waals surface area contributed by atoms with Crippen LogP contribution in [0, 0.1) is 6.92 Å². The van der Waals surface area contributed by atoms with E-state index in [1.54, 1.807) is 11.8 Å². The standard InChI is InChI=1S/C18H28N2OS2.ClH/c1-13-10-14(11-15(16(13)21)18(2,3)4)12-23-17(22)20-8-6-19(5)7-9-20;/h10-11,21H,6-9,12H2,1-5H3;1H. The lowest BCUT2D eigenvalue weighted by atomic mass is 9.84. The molecule has 0 saturated carbocycles. The van der Waals surface area contributed by atoms with E-state index in [0.29, 0.717) is 5.75 Å². The summed E-state index contributed by atoms with van der Waals surface area (Å²) in [4.78, 5) is 4.64. The number of thioether (sulfide) groups is 1. The number of phenols is 1. The predicted molar refractivity (Wildman–Crippen MR) is 112 cm³/mol. The molecule has 6 heteroatoms. The first-order valence-electron chi connectivity index (χ1n) is 8.11. The molecule has 1 N–H and O–H groups in total. The molecule has 136 valence electrons. The van der Waals surface area contributed by atoms with E-state index in [2.05, 4.69) is 49.8 Å². The monoisotopic (exact) mass is 388 g/mol. The minimum atomic E-state index is -0.0620. The number of halogens is 1. The van der Waals surface area contributed by atoms with Gasteiger partial charge in [0.05, 0.1) is 0 Å². The number of piperazine rings is 1. The highest BCUT2D eigenvalue weighted by Gasteiger charge is 2.21. The van der Waals surface area contributed by atoms with Gasteiger partial charge in [0, 0.05) is 31.9 Å². The van der Waals surface area contributed by atoms with Crippen molar-refractivity contribution < 1.29 is 5.11 Å². The van der Waals surface area contributed by atoms with Crippen molar-refractivity contribution in [3.8, 4) is 5.75 Å². The van der Waals surface area contributed by atoms with E-state index in [1.165, 1.54) is 5.56 Å². The molecule has 0 unspecified atom stereocenters. The average molecular weight is 389 g/mol. The lowest BCUT2D eigenvalue weighted by molar-refractivity contribution is 0.220. The fourth-order valence-electron chi connectivity index (χ4n) is 2.73.